The molecule has 1 saturated heterocycles. The fourth-order valence-electron chi connectivity index (χ4n) is 3.33. The molecule has 1 aliphatic carbocycles. The van der Waals surface area contributed by atoms with Crippen molar-refractivity contribution in [3.8, 4) is 0 Å². The van der Waals surface area contributed by atoms with Gasteiger partial charge in [-0.3, -0.25) is 9.59 Å². The largest absolute Gasteiger partial charge is 0.463 e. The summed E-state index contributed by atoms with van der Waals surface area (Å²) in [5.41, 5.74) is 1.78. The van der Waals surface area contributed by atoms with Crippen LogP contribution in [0.25, 0.3) is 0 Å². The van der Waals surface area contributed by atoms with E-state index >= 15 is 0 Å². The maximum atomic E-state index is 11.6. The van der Waals surface area contributed by atoms with Crippen LogP contribution in [0.3, 0.4) is 0 Å². The Morgan fingerprint density at radius 3 is 2.74 bits per heavy atom. The summed E-state index contributed by atoms with van der Waals surface area (Å²) in [5.74, 6) is -0.468. The minimum atomic E-state index is -1.40. The number of aliphatic hydroxyl groups excluding tert-OH is 3. The fraction of sp³-hybridized carbons (Fsp3) is 0.556. The number of rotatable bonds is 4. The zero-order valence-corrected chi connectivity index (χ0v) is 15.0. The van der Waals surface area contributed by atoms with Crippen molar-refractivity contribution in [2.45, 2.75) is 57.0 Å². The molecule has 0 unspecified atom stereocenters. The molecular weight excluding hydrogens is 358 g/mol. The van der Waals surface area contributed by atoms with Gasteiger partial charge in [-0.1, -0.05) is 11.6 Å². The van der Waals surface area contributed by atoms with E-state index in [0.717, 1.165) is 11.1 Å². The van der Waals surface area contributed by atoms with Crippen LogP contribution in [0, 0.1) is 0 Å². The number of amides is 1. The number of ether oxygens (including phenoxy) is 3. The number of esters is 1. The van der Waals surface area contributed by atoms with Crippen LogP contribution in [0.2, 0.25) is 0 Å². The lowest BCUT2D eigenvalue weighted by Crippen LogP contribution is -2.64. The molecule has 27 heavy (non-hydrogen) atoms. The van der Waals surface area contributed by atoms with Crippen LogP contribution >= 0.6 is 0 Å². The number of aliphatic hydroxyl groups is 3. The zero-order chi connectivity index (χ0) is 19.7. The Morgan fingerprint density at radius 2 is 2.07 bits per heavy atom. The Morgan fingerprint density at radius 1 is 1.33 bits per heavy atom. The van der Waals surface area contributed by atoms with E-state index in [0.29, 0.717) is 5.76 Å². The first-order chi connectivity index (χ1) is 12.8. The minimum Gasteiger partial charge on any atom is -0.463 e. The van der Waals surface area contributed by atoms with Crippen LogP contribution in [0.15, 0.2) is 35.1 Å². The predicted molar refractivity (Wildman–Crippen MR) is 90.9 cm³/mol. The van der Waals surface area contributed by atoms with Crippen molar-refractivity contribution in [3.05, 3.63) is 35.1 Å². The van der Waals surface area contributed by atoms with Gasteiger partial charge in [0, 0.05) is 13.0 Å². The van der Waals surface area contributed by atoms with E-state index in [4.69, 9.17) is 14.2 Å². The van der Waals surface area contributed by atoms with Crippen LogP contribution in [-0.2, 0) is 23.8 Å². The van der Waals surface area contributed by atoms with Gasteiger partial charge in [-0.25, -0.2) is 0 Å². The smallest absolute Gasteiger partial charge is 0.310 e. The molecule has 9 nitrogen and oxygen atoms in total. The van der Waals surface area contributed by atoms with Crippen LogP contribution in [0.5, 0.6) is 0 Å². The van der Waals surface area contributed by atoms with Crippen LogP contribution in [-0.4, -0.2) is 70.6 Å². The molecule has 6 atom stereocenters. The van der Waals surface area contributed by atoms with Crippen LogP contribution < -0.4 is 5.32 Å². The van der Waals surface area contributed by atoms with Gasteiger partial charge in [0.25, 0.3) is 0 Å². The maximum Gasteiger partial charge on any atom is 0.310 e. The van der Waals surface area contributed by atoms with Gasteiger partial charge in [0.1, 0.15) is 36.2 Å². The average Bonchev–Trinajstić information content (AvgIpc) is 2.60. The minimum absolute atomic E-state index is 0.235. The molecule has 0 saturated carbocycles. The van der Waals surface area contributed by atoms with Gasteiger partial charge in [-0.2, -0.15) is 0 Å². The van der Waals surface area contributed by atoms with Crippen LogP contribution in [0.4, 0.5) is 0 Å². The lowest BCUT2D eigenvalue weighted by molar-refractivity contribution is -0.258. The normalized spacial score (nSPS) is 35.9. The molecule has 0 spiro atoms. The van der Waals surface area contributed by atoms with Gasteiger partial charge in [0.2, 0.25) is 12.2 Å². The van der Waals surface area contributed by atoms with Gasteiger partial charge in [-0.05, 0) is 18.6 Å². The lowest BCUT2D eigenvalue weighted by atomic mass is 9.94. The van der Waals surface area contributed by atoms with Gasteiger partial charge >= 0.3 is 5.97 Å². The molecule has 3 aliphatic rings. The Kier molecular flexibility index (Phi) is 5.66. The molecule has 4 N–H and O–H groups in total. The van der Waals surface area contributed by atoms with Gasteiger partial charge in [0.05, 0.1) is 13.0 Å². The van der Waals surface area contributed by atoms with Crippen molar-refractivity contribution in [1.29, 1.82) is 0 Å². The number of carbonyl (C=O) groups excluding carboxylic acids is 2. The lowest BCUT2D eigenvalue weighted by Gasteiger charge is -2.42. The van der Waals surface area contributed by atoms with E-state index in [-0.39, 0.29) is 12.4 Å². The van der Waals surface area contributed by atoms with Gasteiger partial charge < -0.3 is 34.8 Å². The molecule has 148 valence electrons. The van der Waals surface area contributed by atoms with Gasteiger partial charge in [-0.15, -0.1) is 0 Å². The number of fused-ring (bicyclic) bond motifs is 1. The molecule has 2 heterocycles. The molecule has 2 aliphatic heterocycles. The highest BCUT2D eigenvalue weighted by Gasteiger charge is 2.46. The molecule has 0 aromatic heterocycles. The summed E-state index contributed by atoms with van der Waals surface area (Å²) < 4.78 is 16.6. The molecule has 3 rings (SSSR count). The number of hydrogen-bond donors (Lipinski definition) is 4. The second-order valence-corrected chi connectivity index (χ2v) is 6.78. The number of nitrogens with one attached hydrogen (secondary N) is 1. The average molecular weight is 381 g/mol. The zero-order valence-electron chi connectivity index (χ0n) is 15.0. The summed E-state index contributed by atoms with van der Waals surface area (Å²) in [6, 6.07) is -1.05. The first-order valence-corrected chi connectivity index (χ1v) is 8.65. The Hall–Kier alpha value is -2.20. The van der Waals surface area contributed by atoms with E-state index < -0.39 is 49.3 Å². The monoisotopic (exact) mass is 381 g/mol. The van der Waals surface area contributed by atoms with E-state index in [2.05, 4.69) is 5.32 Å². The third-order valence-corrected chi connectivity index (χ3v) is 4.71. The Labute approximate surface area is 155 Å². The SMILES string of the molecule is CC(=O)N[C@@H]1[C@H](OC2=C[C@@H]3OC(=O)CC(C)=C3C=C2)O[C@H](CO)[C@H](O)[C@@H]1O. The molecule has 0 aromatic carbocycles. The summed E-state index contributed by atoms with van der Waals surface area (Å²) >= 11 is 0. The second kappa shape index (κ2) is 7.81. The van der Waals surface area contributed by atoms with E-state index in [1.54, 1.807) is 18.2 Å². The maximum absolute atomic E-state index is 11.6. The van der Waals surface area contributed by atoms with Crippen molar-refractivity contribution < 1.29 is 39.1 Å². The fourth-order valence-corrected chi connectivity index (χ4v) is 3.33. The number of allylic oxidation sites excluding steroid dienone is 1. The van der Waals surface area contributed by atoms with Crippen molar-refractivity contribution >= 4 is 11.9 Å². The highest BCUT2D eigenvalue weighted by Crippen LogP contribution is 2.31. The first kappa shape index (κ1) is 19.6. The Balaban J connectivity index is 1.80. The number of hydrogen-bond acceptors (Lipinski definition) is 8. The van der Waals surface area contributed by atoms with E-state index in [9.17, 15) is 24.9 Å². The topological polar surface area (TPSA) is 135 Å². The van der Waals surface area contributed by atoms with Crippen LogP contribution in [0.1, 0.15) is 20.3 Å². The molecule has 0 bridgehead atoms. The molecule has 1 fully saturated rings. The molecule has 1 amide bonds. The standard InChI is InChI=1S/C18H23NO8/c1-8-5-14(22)26-12-6-10(3-4-11(8)12)25-18-15(19-9(2)21)17(24)16(23)13(7-20)27-18/h3-4,6,12-13,15-18,20,23-24H,5,7H2,1-2H3,(H,19,21)/t12-,13+,15-,16-,17+,18+/m0/s1. The number of carbonyl (C=O) groups is 2. The third-order valence-electron chi connectivity index (χ3n) is 4.71. The van der Waals surface area contributed by atoms with E-state index in [1.807, 2.05) is 6.92 Å². The summed E-state index contributed by atoms with van der Waals surface area (Å²) in [6.45, 7) is 2.58. The van der Waals surface area contributed by atoms with Crippen molar-refractivity contribution in [1.82, 2.24) is 5.32 Å². The third kappa shape index (κ3) is 4.06. The molecule has 9 heteroatoms. The van der Waals surface area contributed by atoms with Gasteiger partial charge in [0.15, 0.2) is 0 Å². The molecule has 0 aromatic rings. The summed E-state index contributed by atoms with van der Waals surface area (Å²) in [5, 5.41) is 32.2. The molecular formula is C18H23NO8. The molecule has 0 radical (unpaired) electrons. The summed E-state index contributed by atoms with van der Waals surface area (Å²) in [6.07, 6.45) is -0.352. The quantitative estimate of drug-likeness (QED) is 0.457. The van der Waals surface area contributed by atoms with Crippen molar-refractivity contribution in [2.24, 2.45) is 0 Å². The first-order valence-electron chi connectivity index (χ1n) is 8.65. The predicted octanol–water partition coefficient (Wildman–Crippen LogP) is -0.968. The van der Waals surface area contributed by atoms with Crippen molar-refractivity contribution in [2.75, 3.05) is 6.61 Å². The van der Waals surface area contributed by atoms with Crippen molar-refractivity contribution in [3.63, 3.8) is 0 Å². The van der Waals surface area contributed by atoms with E-state index in [1.165, 1.54) is 6.92 Å². The highest BCUT2D eigenvalue weighted by molar-refractivity contribution is 5.76. The summed E-state index contributed by atoms with van der Waals surface area (Å²) in [7, 11) is 0. The second-order valence-electron chi connectivity index (χ2n) is 6.78. The highest BCUT2D eigenvalue weighted by atomic mass is 16.7. The summed E-state index contributed by atoms with van der Waals surface area (Å²) in [4.78, 5) is 23.1. The Bertz CT molecular complexity index is 712.